The molecule has 1 aliphatic rings. The summed E-state index contributed by atoms with van der Waals surface area (Å²) in [6, 6.07) is 0. The van der Waals surface area contributed by atoms with Crippen LogP contribution in [0.4, 0.5) is 11.8 Å². The Bertz CT molecular complexity index is 593. The number of hydrogen-bond acceptors (Lipinski definition) is 6. The van der Waals surface area contributed by atoms with Crippen LogP contribution in [0, 0.1) is 0 Å². The minimum Gasteiger partial charge on any atom is -0.352 e. The summed E-state index contributed by atoms with van der Waals surface area (Å²) < 4.78 is 1.94. The third-order valence-corrected chi connectivity index (χ3v) is 3.35. The molecule has 9 heteroatoms. The number of aromatic nitrogens is 4. The lowest BCUT2D eigenvalue weighted by Crippen LogP contribution is -2.44. The number of fused-ring (bicyclic) bond motifs is 1. The van der Waals surface area contributed by atoms with Crippen molar-refractivity contribution in [2.24, 2.45) is 7.05 Å². The fraction of sp³-hybridized carbons (Fsp3) is 0.583. The highest BCUT2D eigenvalue weighted by Crippen LogP contribution is 2.24. The second kappa shape index (κ2) is 7.11. The Morgan fingerprint density at radius 2 is 1.81 bits per heavy atom. The normalized spacial score (nSPS) is 14.5. The van der Waals surface area contributed by atoms with E-state index < -0.39 is 0 Å². The van der Waals surface area contributed by atoms with Crippen LogP contribution in [0.2, 0.25) is 0 Å². The third-order valence-electron chi connectivity index (χ3n) is 3.35. The highest BCUT2D eigenvalue weighted by Gasteiger charge is 2.19. The van der Waals surface area contributed by atoms with E-state index in [1.165, 1.54) is 0 Å². The topological polar surface area (TPSA) is 62.1 Å². The number of rotatable bonds is 2. The molecule has 0 bridgehead atoms. The van der Waals surface area contributed by atoms with Crippen molar-refractivity contribution in [1.29, 1.82) is 0 Å². The van der Waals surface area contributed by atoms with Crippen molar-refractivity contribution in [2.45, 2.75) is 0 Å². The molecule has 0 amide bonds. The predicted molar refractivity (Wildman–Crippen MR) is 90.2 cm³/mol. The smallest absolute Gasteiger partial charge is 0.228 e. The summed E-state index contributed by atoms with van der Waals surface area (Å²) in [5.41, 5.74) is 1.77. The van der Waals surface area contributed by atoms with Gasteiger partial charge in [-0.05, 0) is 0 Å². The van der Waals surface area contributed by atoms with Crippen molar-refractivity contribution in [3.63, 3.8) is 0 Å². The first kappa shape index (κ1) is 17.7. The van der Waals surface area contributed by atoms with Crippen LogP contribution in [0.1, 0.15) is 0 Å². The van der Waals surface area contributed by atoms with Crippen LogP contribution in [-0.2, 0) is 7.05 Å². The SMILES string of the molecule is CN(C)c1nc(N2CCNCC2)c2ncn(C)c2n1.Cl.Cl. The molecule has 21 heavy (non-hydrogen) atoms. The number of nitrogens with one attached hydrogen (secondary N) is 1. The summed E-state index contributed by atoms with van der Waals surface area (Å²) in [5.74, 6) is 1.67. The Morgan fingerprint density at radius 1 is 1.14 bits per heavy atom. The quantitative estimate of drug-likeness (QED) is 0.872. The lowest BCUT2D eigenvalue weighted by Gasteiger charge is -2.29. The van der Waals surface area contributed by atoms with Gasteiger partial charge in [-0.25, -0.2) is 4.98 Å². The van der Waals surface area contributed by atoms with Gasteiger partial charge < -0.3 is 19.7 Å². The van der Waals surface area contributed by atoms with Crippen LogP contribution >= 0.6 is 24.8 Å². The molecular weight excluding hydrogens is 313 g/mol. The Kier molecular flexibility index (Phi) is 6.00. The lowest BCUT2D eigenvalue weighted by atomic mass is 10.3. The summed E-state index contributed by atoms with van der Waals surface area (Å²) in [7, 11) is 5.88. The molecule has 0 radical (unpaired) electrons. The molecule has 2 aromatic rings. The van der Waals surface area contributed by atoms with Crippen LogP contribution in [0.3, 0.4) is 0 Å². The minimum atomic E-state index is 0. The highest BCUT2D eigenvalue weighted by molar-refractivity contribution is 5.86. The van der Waals surface area contributed by atoms with Crippen LogP contribution in [0.5, 0.6) is 0 Å². The minimum absolute atomic E-state index is 0. The molecule has 0 aromatic carbocycles. The Hall–Kier alpha value is -1.31. The number of halogens is 2. The fourth-order valence-corrected chi connectivity index (χ4v) is 2.28. The van der Waals surface area contributed by atoms with Gasteiger partial charge in [0, 0.05) is 47.3 Å². The molecule has 1 saturated heterocycles. The molecular formula is C12H21Cl2N7. The molecule has 0 saturated carbocycles. The van der Waals surface area contributed by atoms with E-state index >= 15 is 0 Å². The molecule has 0 atom stereocenters. The van der Waals surface area contributed by atoms with Gasteiger partial charge in [0.15, 0.2) is 17.0 Å². The highest BCUT2D eigenvalue weighted by atomic mass is 35.5. The van der Waals surface area contributed by atoms with Crippen LogP contribution in [0.15, 0.2) is 6.33 Å². The van der Waals surface area contributed by atoms with Crippen molar-refractivity contribution < 1.29 is 0 Å². The third kappa shape index (κ3) is 3.30. The maximum Gasteiger partial charge on any atom is 0.228 e. The molecule has 3 rings (SSSR count). The van der Waals surface area contributed by atoms with Crippen LogP contribution < -0.4 is 15.1 Å². The van der Waals surface area contributed by atoms with E-state index in [9.17, 15) is 0 Å². The summed E-state index contributed by atoms with van der Waals surface area (Å²) in [5, 5.41) is 3.35. The van der Waals surface area contributed by atoms with Crippen molar-refractivity contribution in [2.75, 3.05) is 50.1 Å². The number of nitrogens with zero attached hydrogens (tertiary/aromatic N) is 6. The van der Waals surface area contributed by atoms with Crippen molar-refractivity contribution in [3.05, 3.63) is 6.33 Å². The van der Waals surface area contributed by atoms with Crippen molar-refractivity contribution >= 4 is 47.7 Å². The van der Waals surface area contributed by atoms with E-state index in [-0.39, 0.29) is 24.8 Å². The first-order valence-electron chi connectivity index (χ1n) is 6.49. The molecule has 0 aliphatic carbocycles. The Labute approximate surface area is 136 Å². The first-order valence-corrected chi connectivity index (χ1v) is 6.49. The summed E-state index contributed by atoms with van der Waals surface area (Å²) >= 11 is 0. The van der Waals surface area contributed by atoms with E-state index in [2.05, 4.69) is 25.2 Å². The summed E-state index contributed by atoms with van der Waals surface area (Å²) in [6.45, 7) is 3.87. The molecule has 1 aliphatic heterocycles. The summed E-state index contributed by atoms with van der Waals surface area (Å²) in [6.07, 6.45) is 1.80. The molecule has 1 fully saturated rings. The second-order valence-electron chi connectivity index (χ2n) is 5.01. The number of hydrogen-bond donors (Lipinski definition) is 1. The monoisotopic (exact) mass is 333 g/mol. The van der Waals surface area contributed by atoms with E-state index in [4.69, 9.17) is 0 Å². The molecule has 0 unspecified atom stereocenters. The average molecular weight is 334 g/mol. The van der Waals surface area contributed by atoms with E-state index in [0.29, 0.717) is 0 Å². The number of imidazole rings is 1. The maximum atomic E-state index is 4.67. The lowest BCUT2D eigenvalue weighted by molar-refractivity contribution is 0.585. The van der Waals surface area contributed by atoms with Crippen molar-refractivity contribution in [1.82, 2.24) is 24.8 Å². The molecule has 2 aromatic heterocycles. The summed E-state index contributed by atoms with van der Waals surface area (Å²) in [4.78, 5) is 17.9. The molecule has 118 valence electrons. The average Bonchev–Trinajstić information content (AvgIpc) is 2.80. The number of aryl methyl sites for hydroxylation is 1. The zero-order chi connectivity index (χ0) is 13.4. The van der Waals surface area contributed by atoms with E-state index in [1.807, 2.05) is 30.6 Å². The number of anilines is 2. The van der Waals surface area contributed by atoms with Gasteiger partial charge >= 0.3 is 0 Å². The van der Waals surface area contributed by atoms with Gasteiger partial charge in [-0.15, -0.1) is 24.8 Å². The molecule has 1 N–H and O–H groups in total. The van der Waals surface area contributed by atoms with Gasteiger partial charge in [0.1, 0.15) is 0 Å². The second-order valence-corrected chi connectivity index (χ2v) is 5.01. The maximum absolute atomic E-state index is 4.67. The van der Waals surface area contributed by atoms with Crippen LogP contribution in [-0.4, -0.2) is 59.8 Å². The standard InChI is InChI=1S/C12H19N7.2ClH/c1-17(2)12-15-10-9(14-8-18(10)3)11(16-12)19-6-4-13-5-7-19;;/h8,13H,4-7H2,1-3H3;2*1H. The van der Waals surface area contributed by atoms with E-state index in [0.717, 1.165) is 49.1 Å². The molecule has 0 spiro atoms. The zero-order valence-electron chi connectivity index (χ0n) is 12.4. The fourth-order valence-electron chi connectivity index (χ4n) is 2.28. The van der Waals surface area contributed by atoms with Gasteiger partial charge in [0.05, 0.1) is 6.33 Å². The first-order chi connectivity index (χ1) is 9.16. The van der Waals surface area contributed by atoms with Gasteiger partial charge in [-0.2, -0.15) is 9.97 Å². The van der Waals surface area contributed by atoms with Gasteiger partial charge in [-0.1, -0.05) is 0 Å². The molecule has 3 heterocycles. The predicted octanol–water partition coefficient (Wildman–Crippen LogP) is 0.682. The van der Waals surface area contributed by atoms with Gasteiger partial charge in [-0.3, -0.25) is 0 Å². The molecule has 7 nitrogen and oxygen atoms in total. The van der Waals surface area contributed by atoms with Crippen molar-refractivity contribution in [3.8, 4) is 0 Å². The number of piperazine rings is 1. The van der Waals surface area contributed by atoms with Gasteiger partial charge in [0.2, 0.25) is 5.95 Å². The Morgan fingerprint density at radius 3 is 2.43 bits per heavy atom. The van der Waals surface area contributed by atoms with E-state index in [1.54, 1.807) is 6.33 Å². The van der Waals surface area contributed by atoms with Gasteiger partial charge in [0.25, 0.3) is 0 Å². The largest absolute Gasteiger partial charge is 0.352 e. The van der Waals surface area contributed by atoms with Crippen LogP contribution in [0.25, 0.3) is 11.2 Å². The Balaban J connectivity index is 0.00000110. The zero-order valence-corrected chi connectivity index (χ0v) is 14.0.